The number of rotatable bonds is 6. The normalized spacial score (nSPS) is 14.4. The van der Waals surface area contributed by atoms with Gasteiger partial charge in [0.05, 0.1) is 12.7 Å². The van der Waals surface area contributed by atoms with Crippen LogP contribution in [0.5, 0.6) is 5.75 Å². The summed E-state index contributed by atoms with van der Waals surface area (Å²) in [5.41, 5.74) is -0.116. The first kappa shape index (κ1) is 14.3. The van der Waals surface area contributed by atoms with Crippen molar-refractivity contribution < 1.29 is 9.84 Å². The van der Waals surface area contributed by atoms with Crippen LogP contribution in [0.25, 0.3) is 0 Å². The molecule has 1 aromatic carbocycles. The van der Waals surface area contributed by atoms with E-state index in [4.69, 9.17) is 16.3 Å². The summed E-state index contributed by atoms with van der Waals surface area (Å²) < 4.78 is 5.27. The molecule has 0 saturated carbocycles. The minimum absolute atomic E-state index is 0.622. The van der Waals surface area contributed by atoms with Crippen molar-refractivity contribution in [3.63, 3.8) is 0 Å². The van der Waals surface area contributed by atoms with E-state index in [0.29, 0.717) is 10.8 Å². The number of unbranched alkanes of at least 4 members (excludes halogenated alkanes) is 2. The Morgan fingerprint density at radius 2 is 2.06 bits per heavy atom. The van der Waals surface area contributed by atoms with Crippen LogP contribution >= 0.6 is 11.6 Å². The van der Waals surface area contributed by atoms with Crippen LogP contribution in [0.1, 0.15) is 45.1 Å². The number of halogens is 1. The number of methoxy groups -OCH3 is 1. The molecule has 1 unspecified atom stereocenters. The second-order valence-corrected chi connectivity index (χ2v) is 5.01. The van der Waals surface area contributed by atoms with Crippen LogP contribution in [0.15, 0.2) is 18.2 Å². The van der Waals surface area contributed by atoms with E-state index in [1.54, 1.807) is 25.3 Å². The molecule has 0 aliphatic carbocycles. The summed E-state index contributed by atoms with van der Waals surface area (Å²) >= 11 is 5.97. The number of benzene rings is 1. The molecule has 0 aliphatic heterocycles. The summed E-state index contributed by atoms with van der Waals surface area (Å²) in [7, 11) is 1.61. The van der Waals surface area contributed by atoms with Crippen LogP contribution in [-0.2, 0) is 5.60 Å². The molecule has 0 amide bonds. The van der Waals surface area contributed by atoms with Crippen LogP contribution in [-0.4, -0.2) is 12.2 Å². The van der Waals surface area contributed by atoms with Gasteiger partial charge in [-0.1, -0.05) is 37.8 Å². The van der Waals surface area contributed by atoms with E-state index >= 15 is 0 Å². The van der Waals surface area contributed by atoms with Gasteiger partial charge in [0.25, 0.3) is 0 Å². The van der Waals surface area contributed by atoms with Gasteiger partial charge in [-0.05, 0) is 31.5 Å². The number of aliphatic hydroxyl groups is 1. The van der Waals surface area contributed by atoms with E-state index in [9.17, 15) is 5.11 Å². The van der Waals surface area contributed by atoms with Crippen molar-refractivity contribution in [1.82, 2.24) is 0 Å². The quantitative estimate of drug-likeness (QED) is 0.776. The summed E-state index contributed by atoms with van der Waals surface area (Å²) in [6, 6.07) is 5.35. The average Bonchev–Trinajstić information content (AvgIpc) is 2.29. The molecule has 1 aromatic rings. The fourth-order valence-corrected chi connectivity index (χ4v) is 2.13. The lowest BCUT2D eigenvalue weighted by molar-refractivity contribution is 0.0425. The minimum Gasteiger partial charge on any atom is -0.496 e. The smallest absolute Gasteiger partial charge is 0.125 e. The number of ether oxygens (including phenoxy) is 1. The predicted octanol–water partition coefficient (Wildman–Crippen LogP) is 4.14. The Kier molecular flexibility index (Phi) is 5.29. The summed E-state index contributed by atoms with van der Waals surface area (Å²) in [6.07, 6.45) is 3.98. The Hall–Kier alpha value is -0.730. The predicted molar refractivity (Wildman–Crippen MR) is 71.7 cm³/mol. The summed E-state index contributed by atoms with van der Waals surface area (Å²) in [5.74, 6) is 0.691. The molecule has 1 rings (SSSR count). The lowest BCUT2D eigenvalue weighted by Gasteiger charge is -2.26. The maximum Gasteiger partial charge on any atom is 0.125 e. The monoisotopic (exact) mass is 256 g/mol. The first-order valence-corrected chi connectivity index (χ1v) is 6.45. The minimum atomic E-state index is -0.884. The van der Waals surface area contributed by atoms with Gasteiger partial charge in [0, 0.05) is 10.6 Å². The standard InChI is InChI=1S/C14H21ClO2/c1-4-5-6-9-14(2,16)12-10-11(15)7-8-13(12)17-3/h7-8,10,16H,4-6,9H2,1-3H3. The highest BCUT2D eigenvalue weighted by atomic mass is 35.5. The largest absolute Gasteiger partial charge is 0.496 e. The second-order valence-electron chi connectivity index (χ2n) is 4.58. The summed E-state index contributed by atoms with van der Waals surface area (Å²) in [4.78, 5) is 0. The molecular weight excluding hydrogens is 236 g/mol. The van der Waals surface area contributed by atoms with Crippen LogP contribution in [0.2, 0.25) is 5.02 Å². The van der Waals surface area contributed by atoms with Crippen molar-refractivity contribution >= 4 is 11.6 Å². The highest BCUT2D eigenvalue weighted by molar-refractivity contribution is 6.30. The molecule has 0 spiro atoms. The average molecular weight is 257 g/mol. The fourth-order valence-electron chi connectivity index (χ4n) is 1.95. The highest BCUT2D eigenvalue weighted by Crippen LogP contribution is 2.35. The van der Waals surface area contributed by atoms with Crippen molar-refractivity contribution in [2.45, 2.75) is 45.1 Å². The summed E-state index contributed by atoms with van der Waals surface area (Å²) in [6.45, 7) is 3.96. The van der Waals surface area contributed by atoms with Gasteiger partial charge in [-0.25, -0.2) is 0 Å². The third kappa shape index (κ3) is 3.90. The van der Waals surface area contributed by atoms with Gasteiger partial charge < -0.3 is 9.84 Å². The maximum atomic E-state index is 10.5. The molecule has 3 heteroatoms. The third-order valence-corrected chi connectivity index (χ3v) is 3.24. The van der Waals surface area contributed by atoms with Crippen LogP contribution < -0.4 is 4.74 Å². The van der Waals surface area contributed by atoms with Gasteiger partial charge in [-0.3, -0.25) is 0 Å². The Morgan fingerprint density at radius 1 is 1.35 bits per heavy atom. The Morgan fingerprint density at radius 3 is 2.65 bits per heavy atom. The number of hydrogen-bond donors (Lipinski definition) is 1. The molecule has 2 nitrogen and oxygen atoms in total. The van der Waals surface area contributed by atoms with Gasteiger partial charge in [0.1, 0.15) is 5.75 Å². The first-order valence-electron chi connectivity index (χ1n) is 6.07. The lowest BCUT2D eigenvalue weighted by atomic mass is 9.89. The second kappa shape index (κ2) is 6.27. The highest BCUT2D eigenvalue weighted by Gasteiger charge is 2.26. The zero-order valence-electron chi connectivity index (χ0n) is 10.8. The molecule has 96 valence electrons. The van der Waals surface area contributed by atoms with Crippen LogP contribution in [0.4, 0.5) is 0 Å². The third-order valence-electron chi connectivity index (χ3n) is 3.01. The zero-order chi connectivity index (χ0) is 12.9. The van der Waals surface area contributed by atoms with Crippen molar-refractivity contribution in [3.8, 4) is 5.75 Å². The molecule has 0 aliphatic rings. The van der Waals surface area contributed by atoms with Crippen molar-refractivity contribution in [1.29, 1.82) is 0 Å². The van der Waals surface area contributed by atoms with E-state index in [2.05, 4.69) is 6.92 Å². The molecule has 0 saturated heterocycles. The molecule has 17 heavy (non-hydrogen) atoms. The first-order chi connectivity index (χ1) is 8.01. The van der Waals surface area contributed by atoms with E-state index in [0.717, 1.165) is 31.2 Å². The number of hydrogen-bond acceptors (Lipinski definition) is 2. The van der Waals surface area contributed by atoms with Gasteiger partial charge >= 0.3 is 0 Å². The lowest BCUT2D eigenvalue weighted by Crippen LogP contribution is -2.22. The van der Waals surface area contributed by atoms with Crippen molar-refractivity contribution in [3.05, 3.63) is 28.8 Å². The van der Waals surface area contributed by atoms with E-state index < -0.39 is 5.60 Å². The topological polar surface area (TPSA) is 29.5 Å². The van der Waals surface area contributed by atoms with Crippen LogP contribution in [0, 0.1) is 0 Å². The molecule has 0 aromatic heterocycles. The molecule has 0 fully saturated rings. The van der Waals surface area contributed by atoms with Gasteiger partial charge in [-0.2, -0.15) is 0 Å². The molecule has 0 radical (unpaired) electrons. The van der Waals surface area contributed by atoms with Crippen LogP contribution in [0.3, 0.4) is 0 Å². The molecular formula is C14H21ClO2. The van der Waals surface area contributed by atoms with Gasteiger partial charge in [-0.15, -0.1) is 0 Å². The van der Waals surface area contributed by atoms with E-state index in [-0.39, 0.29) is 0 Å². The molecule has 0 heterocycles. The van der Waals surface area contributed by atoms with Crippen molar-refractivity contribution in [2.75, 3.05) is 7.11 Å². The molecule has 1 atom stereocenters. The Labute approximate surface area is 109 Å². The van der Waals surface area contributed by atoms with Gasteiger partial charge in [0.15, 0.2) is 0 Å². The maximum absolute atomic E-state index is 10.5. The fraction of sp³-hybridized carbons (Fsp3) is 0.571. The van der Waals surface area contributed by atoms with E-state index in [1.807, 2.05) is 6.92 Å². The summed E-state index contributed by atoms with van der Waals surface area (Å²) in [5, 5.41) is 11.1. The Bertz CT molecular complexity index is 361. The van der Waals surface area contributed by atoms with Gasteiger partial charge in [0.2, 0.25) is 0 Å². The SMILES string of the molecule is CCCCCC(C)(O)c1cc(Cl)ccc1OC. The zero-order valence-corrected chi connectivity index (χ0v) is 11.5. The molecule has 0 bridgehead atoms. The van der Waals surface area contributed by atoms with Crippen molar-refractivity contribution in [2.24, 2.45) is 0 Å². The molecule has 1 N–H and O–H groups in total. The van der Waals surface area contributed by atoms with E-state index in [1.165, 1.54) is 0 Å². The Balaban J connectivity index is 2.91.